The molecule has 2 heterocycles. The van der Waals surface area contributed by atoms with Gasteiger partial charge in [0.15, 0.2) is 11.6 Å². The lowest BCUT2D eigenvalue weighted by Gasteiger charge is -2.39. The number of piperidine rings is 1. The molecule has 1 unspecified atom stereocenters. The minimum Gasteiger partial charge on any atom is -0.397 e. The van der Waals surface area contributed by atoms with E-state index in [0.717, 1.165) is 30.2 Å². The summed E-state index contributed by atoms with van der Waals surface area (Å²) in [5.41, 5.74) is 13.8. The summed E-state index contributed by atoms with van der Waals surface area (Å²) in [5.74, 6) is -3.59. The summed E-state index contributed by atoms with van der Waals surface area (Å²) in [4.78, 5) is 15.4. The van der Waals surface area contributed by atoms with Crippen molar-refractivity contribution in [3.63, 3.8) is 0 Å². The number of nitrogen functional groups attached to an aromatic ring is 1. The topological polar surface area (TPSA) is 132 Å². The van der Waals surface area contributed by atoms with Gasteiger partial charge in [0.25, 0.3) is 5.91 Å². The summed E-state index contributed by atoms with van der Waals surface area (Å²) in [7, 11) is 1.49. The number of rotatable bonds is 7. The highest BCUT2D eigenvalue weighted by Crippen LogP contribution is 2.45. The fourth-order valence-electron chi connectivity index (χ4n) is 4.85. The van der Waals surface area contributed by atoms with Gasteiger partial charge in [0.05, 0.1) is 28.3 Å². The third-order valence-electron chi connectivity index (χ3n) is 6.98. The molecule has 4 rings (SSSR count). The van der Waals surface area contributed by atoms with Gasteiger partial charge in [-0.25, -0.2) is 18.6 Å². The van der Waals surface area contributed by atoms with E-state index >= 15 is 8.78 Å². The molecule has 1 amide bonds. The number of benzene rings is 2. The number of nitrogens with one attached hydrogen (secondary N) is 1. The number of hydrogen-bond donors (Lipinski definition) is 4. The number of anilines is 2. The van der Waals surface area contributed by atoms with E-state index < -0.39 is 23.0 Å². The maximum absolute atomic E-state index is 15.9. The number of hydrogen-bond acceptors (Lipinski definition) is 8. The Kier molecular flexibility index (Phi) is 8.41. The minimum atomic E-state index is -1.26. The van der Waals surface area contributed by atoms with Crippen LogP contribution in [0.25, 0.3) is 21.6 Å². The van der Waals surface area contributed by atoms with Gasteiger partial charge in [-0.2, -0.15) is 5.26 Å². The van der Waals surface area contributed by atoms with Crippen molar-refractivity contribution in [3.05, 3.63) is 58.2 Å². The molecule has 0 saturated carbocycles. The minimum absolute atomic E-state index is 0.120. The van der Waals surface area contributed by atoms with Crippen LogP contribution < -0.4 is 21.9 Å². The normalized spacial score (nSPS) is 15.7. The zero-order valence-corrected chi connectivity index (χ0v) is 23.2. The van der Waals surface area contributed by atoms with Crippen LogP contribution in [0.5, 0.6) is 0 Å². The Hall–Kier alpha value is -3.63. The second-order valence-corrected chi connectivity index (χ2v) is 11.4. The predicted molar refractivity (Wildman–Crippen MR) is 150 cm³/mol. The molecular formula is C28H31F3N6O2S. The molecule has 1 fully saturated rings. The molecule has 6 N–H and O–H groups in total. The second-order valence-electron chi connectivity index (χ2n) is 10.3. The predicted octanol–water partition coefficient (Wildman–Crippen LogP) is 4.23. The van der Waals surface area contributed by atoms with Gasteiger partial charge < -0.3 is 21.5 Å². The lowest BCUT2D eigenvalue weighted by atomic mass is 9.98. The summed E-state index contributed by atoms with van der Waals surface area (Å²) >= 11 is 0.937. The molecule has 0 radical (unpaired) electrons. The number of halogens is 3. The average molecular weight is 573 g/mol. The lowest BCUT2D eigenvalue weighted by molar-refractivity contribution is 0.0713. The van der Waals surface area contributed by atoms with Crippen LogP contribution >= 0.6 is 11.3 Å². The van der Waals surface area contributed by atoms with E-state index in [4.69, 9.17) is 16.7 Å². The molecule has 212 valence electrons. The number of thiophene rings is 1. The molecule has 40 heavy (non-hydrogen) atoms. The first kappa shape index (κ1) is 29.4. The molecular weight excluding hydrogens is 541 g/mol. The Bertz CT molecular complexity index is 1490. The number of aliphatic hydroxyl groups excluding tert-OH is 1. The highest BCUT2D eigenvalue weighted by atomic mass is 32.1. The first-order chi connectivity index (χ1) is 18.9. The van der Waals surface area contributed by atoms with Crippen LogP contribution in [0, 0.1) is 28.8 Å². The molecule has 0 bridgehead atoms. The standard InChI is InChI=1S/C28H31F3N6O2S/c1-28(2,14-38)37(35-3)25-21(34)10-19(23(30)24(25)31)26-18(15-6-7-16(12-32)20(29)9-15)11-22(40-26)27(39)36-8-4-5-17(33)13-36/h6-7,9-11,17,35,38H,4-5,8,13-14,33-34H2,1-3H3. The van der Waals surface area contributed by atoms with Crippen LogP contribution in [-0.2, 0) is 0 Å². The van der Waals surface area contributed by atoms with Crippen molar-refractivity contribution < 1.29 is 23.1 Å². The Morgan fingerprint density at radius 2 is 1.98 bits per heavy atom. The number of nitrogens with zero attached hydrogens (tertiary/aromatic N) is 3. The highest BCUT2D eigenvalue weighted by molar-refractivity contribution is 7.18. The number of hydrazine groups is 1. The number of nitrogens with two attached hydrogens (primary N) is 2. The van der Waals surface area contributed by atoms with Gasteiger partial charge >= 0.3 is 0 Å². The van der Waals surface area contributed by atoms with E-state index in [0.29, 0.717) is 13.1 Å². The van der Waals surface area contributed by atoms with Crippen LogP contribution in [0.2, 0.25) is 0 Å². The molecule has 1 aliphatic rings. The van der Waals surface area contributed by atoms with E-state index in [-0.39, 0.29) is 61.9 Å². The monoisotopic (exact) mass is 572 g/mol. The van der Waals surface area contributed by atoms with Crippen molar-refractivity contribution >= 4 is 28.6 Å². The molecule has 0 aliphatic carbocycles. The second kappa shape index (κ2) is 11.5. The molecule has 2 aromatic carbocycles. The zero-order chi connectivity index (χ0) is 29.4. The van der Waals surface area contributed by atoms with Crippen molar-refractivity contribution in [2.24, 2.45) is 5.73 Å². The van der Waals surface area contributed by atoms with Crippen LogP contribution in [0.4, 0.5) is 24.5 Å². The summed E-state index contributed by atoms with van der Waals surface area (Å²) in [6.45, 7) is 3.72. The molecule has 3 aromatic rings. The smallest absolute Gasteiger partial charge is 0.264 e. The Balaban J connectivity index is 1.91. The van der Waals surface area contributed by atoms with Crippen LogP contribution in [0.15, 0.2) is 30.3 Å². The molecule has 1 atom stereocenters. The number of carbonyl (C=O) groups is 1. The van der Waals surface area contributed by atoms with E-state index in [2.05, 4.69) is 5.43 Å². The highest BCUT2D eigenvalue weighted by Gasteiger charge is 2.33. The Morgan fingerprint density at radius 1 is 1.25 bits per heavy atom. The summed E-state index contributed by atoms with van der Waals surface area (Å²) in [6.07, 6.45) is 1.53. The summed E-state index contributed by atoms with van der Waals surface area (Å²) in [6, 6.07) is 8.25. The van der Waals surface area contributed by atoms with Gasteiger partial charge in [-0.1, -0.05) is 6.07 Å². The third-order valence-corrected chi connectivity index (χ3v) is 8.14. The van der Waals surface area contributed by atoms with Crippen molar-refractivity contribution in [2.45, 2.75) is 38.3 Å². The third kappa shape index (κ3) is 5.38. The number of nitriles is 1. The van der Waals surface area contributed by atoms with E-state index in [1.54, 1.807) is 24.8 Å². The van der Waals surface area contributed by atoms with E-state index in [1.165, 1.54) is 36.3 Å². The lowest BCUT2D eigenvalue weighted by Crippen LogP contribution is -2.54. The number of carbonyl (C=O) groups excluding carboxylic acids is 1. The van der Waals surface area contributed by atoms with E-state index in [1.807, 2.05) is 0 Å². The Labute approximate surface area is 234 Å². The fourth-order valence-corrected chi connectivity index (χ4v) is 6.01. The van der Waals surface area contributed by atoms with Crippen molar-refractivity contribution in [2.75, 3.05) is 37.5 Å². The maximum atomic E-state index is 15.9. The van der Waals surface area contributed by atoms with Crippen molar-refractivity contribution in [3.8, 4) is 27.6 Å². The summed E-state index contributed by atoms with van der Waals surface area (Å²) < 4.78 is 46.2. The first-order valence-corrected chi connectivity index (χ1v) is 13.5. The van der Waals surface area contributed by atoms with Gasteiger partial charge in [0.2, 0.25) is 0 Å². The van der Waals surface area contributed by atoms with Crippen molar-refractivity contribution in [1.29, 1.82) is 5.26 Å². The Morgan fingerprint density at radius 3 is 2.58 bits per heavy atom. The zero-order valence-electron chi connectivity index (χ0n) is 22.4. The summed E-state index contributed by atoms with van der Waals surface area (Å²) in [5, 5.41) is 20.2. The van der Waals surface area contributed by atoms with Crippen molar-refractivity contribution in [1.82, 2.24) is 10.3 Å². The first-order valence-electron chi connectivity index (χ1n) is 12.7. The van der Waals surface area contributed by atoms with Crippen LogP contribution in [0.3, 0.4) is 0 Å². The number of amides is 1. The molecule has 0 spiro atoms. The van der Waals surface area contributed by atoms with Gasteiger partial charge in [-0.3, -0.25) is 9.80 Å². The largest absolute Gasteiger partial charge is 0.397 e. The van der Waals surface area contributed by atoms with Gasteiger partial charge in [-0.05, 0) is 56.5 Å². The van der Waals surface area contributed by atoms with E-state index in [9.17, 15) is 14.3 Å². The number of likely N-dealkylation sites (tertiary alicyclic amines) is 1. The fraction of sp³-hybridized carbons (Fsp3) is 0.357. The molecule has 1 saturated heterocycles. The SMILES string of the molecule is CNN(c1c(N)cc(-c2sc(C(=O)N3CCCC(N)C3)cc2-c2ccc(C#N)c(F)c2)c(F)c1F)C(C)(C)CO. The average Bonchev–Trinajstić information content (AvgIpc) is 3.37. The molecule has 12 heteroatoms. The maximum Gasteiger partial charge on any atom is 0.264 e. The van der Waals surface area contributed by atoms with Crippen LogP contribution in [-0.4, -0.2) is 54.2 Å². The van der Waals surface area contributed by atoms with Gasteiger partial charge in [-0.15, -0.1) is 11.3 Å². The molecule has 1 aromatic heterocycles. The quantitative estimate of drug-likeness (QED) is 0.246. The number of aliphatic hydroxyl groups is 1. The molecule has 8 nitrogen and oxygen atoms in total. The molecule has 1 aliphatic heterocycles. The van der Waals surface area contributed by atoms with Gasteiger partial charge in [0, 0.05) is 42.2 Å². The van der Waals surface area contributed by atoms with Gasteiger partial charge in [0.1, 0.15) is 17.6 Å². The van der Waals surface area contributed by atoms with Crippen LogP contribution in [0.1, 0.15) is 41.9 Å².